The van der Waals surface area contributed by atoms with Crippen molar-refractivity contribution in [1.82, 2.24) is 15.2 Å². The maximum absolute atomic E-state index is 14.1. The van der Waals surface area contributed by atoms with E-state index in [1.165, 1.54) is 30.5 Å². The topological polar surface area (TPSA) is 118 Å². The number of aliphatic imine (C=N–C) groups is 1. The third-order valence-corrected chi connectivity index (χ3v) is 8.69. The number of pyridine rings is 1. The molecule has 1 aliphatic carbocycles. The van der Waals surface area contributed by atoms with Crippen molar-refractivity contribution in [2.45, 2.75) is 49.7 Å². The number of hydrogen-bond donors (Lipinski definition) is 2. The highest BCUT2D eigenvalue weighted by Crippen LogP contribution is 2.36. The van der Waals surface area contributed by atoms with Crippen LogP contribution in [0.5, 0.6) is 0 Å². The molecular weight excluding hydrogens is 560 g/mol. The van der Waals surface area contributed by atoms with Crippen molar-refractivity contribution in [2.75, 3.05) is 6.54 Å². The Bertz CT molecular complexity index is 1730. The molecule has 1 aliphatic heterocycles. The van der Waals surface area contributed by atoms with E-state index in [2.05, 4.69) is 27.4 Å². The lowest BCUT2D eigenvalue weighted by Gasteiger charge is -2.38. The second kappa shape index (κ2) is 11.2. The molecule has 3 aromatic rings. The van der Waals surface area contributed by atoms with Gasteiger partial charge < -0.3 is 10.2 Å². The summed E-state index contributed by atoms with van der Waals surface area (Å²) in [6.45, 7) is 6.04. The molecule has 2 heterocycles. The van der Waals surface area contributed by atoms with Gasteiger partial charge >= 0.3 is 0 Å². The van der Waals surface area contributed by atoms with Crippen molar-refractivity contribution in [3.8, 4) is 11.1 Å². The average molecular weight is 592 g/mol. The first-order valence-electron chi connectivity index (χ1n) is 13.3. The Kier molecular flexibility index (Phi) is 7.82. The molecule has 8 nitrogen and oxygen atoms in total. The smallest absolute Gasteiger partial charge is 0.240 e. The zero-order valence-corrected chi connectivity index (χ0v) is 24.2. The van der Waals surface area contributed by atoms with Gasteiger partial charge in [-0.25, -0.2) is 22.3 Å². The molecule has 3 unspecified atom stereocenters. The van der Waals surface area contributed by atoms with Gasteiger partial charge in [0, 0.05) is 17.8 Å². The van der Waals surface area contributed by atoms with E-state index in [9.17, 15) is 22.0 Å². The number of benzene rings is 2. The predicted molar refractivity (Wildman–Crippen MR) is 157 cm³/mol. The standard InChI is InChI=1S/C31H31F2N5O3S/c1-19-10-28-31(3,16-20(19)2)38(18-36-28)17-29(39)37-27(13-21-11-23(32)15-24(33)12-21)30-26(8-5-9-35-30)22-6-4-7-25(14-22)42(34,40)41/h4-12,14-16,18,27-28H,13,17H2,1-3H3,(H,37,39)(H2,34,40,41). The highest BCUT2D eigenvalue weighted by atomic mass is 32.2. The molecule has 218 valence electrons. The molecule has 1 aromatic heterocycles. The number of halogens is 2. The highest BCUT2D eigenvalue weighted by molar-refractivity contribution is 7.89. The third kappa shape index (κ3) is 6.02. The van der Waals surface area contributed by atoms with Crippen LogP contribution < -0.4 is 10.5 Å². The molecule has 0 saturated carbocycles. The first-order valence-corrected chi connectivity index (χ1v) is 14.9. The minimum absolute atomic E-state index is 0.0221. The van der Waals surface area contributed by atoms with Gasteiger partial charge in [-0.2, -0.15) is 0 Å². The van der Waals surface area contributed by atoms with Gasteiger partial charge in [0.05, 0.1) is 41.1 Å². The third-order valence-electron chi connectivity index (χ3n) is 7.78. The van der Waals surface area contributed by atoms with E-state index in [0.29, 0.717) is 22.4 Å². The van der Waals surface area contributed by atoms with Gasteiger partial charge in [0.25, 0.3) is 0 Å². The van der Waals surface area contributed by atoms with Crippen LogP contribution in [0.3, 0.4) is 0 Å². The Morgan fingerprint density at radius 1 is 1.10 bits per heavy atom. The second-order valence-electron chi connectivity index (χ2n) is 10.9. The van der Waals surface area contributed by atoms with E-state index in [-0.39, 0.29) is 29.8 Å². The van der Waals surface area contributed by atoms with Crippen molar-refractivity contribution >= 4 is 22.3 Å². The Morgan fingerprint density at radius 2 is 1.83 bits per heavy atom. The number of nitrogens with zero attached hydrogens (tertiary/aromatic N) is 3. The summed E-state index contributed by atoms with van der Waals surface area (Å²) in [7, 11) is -3.98. The molecule has 3 atom stereocenters. The molecule has 3 N–H and O–H groups in total. The number of allylic oxidation sites excluding steroid dienone is 2. The van der Waals surface area contributed by atoms with Crippen molar-refractivity contribution in [3.05, 3.63) is 107 Å². The SMILES string of the molecule is CC1=CC2N=CN(CC(=O)NC(Cc3cc(F)cc(F)c3)c3ncccc3-c3cccc(S(N)(=O)=O)c3)C2(C)C=C1C. The van der Waals surface area contributed by atoms with Crippen molar-refractivity contribution in [1.29, 1.82) is 0 Å². The molecule has 1 amide bonds. The van der Waals surface area contributed by atoms with Crippen LogP contribution in [-0.4, -0.2) is 48.7 Å². The van der Waals surface area contributed by atoms with Gasteiger partial charge in [0.1, 0.15) is 11.6 Å². The monoisotopic (exact) mass is 591 g/mol. The number of carbonyl (C=O) groups is 1. The molecule has 5 rings (SSSR count). The zero-order valence-electron chi connectivity index (χ0n) is 23.4. The number of aromatic nitrogens is 1. The van der Waals surface area contributed by atoms with Gasteiger partial charge in [-0.3, -0.25) is 14.8 Å². The maximum atomic E-state index is 14.1. The van der Waals surface area contributed by atoms with Gasteiger partial charge in [-0.15, -0.1) is 0 Å². The van der Waals surface area contributed by atoms with Crippen LogP contribution in [0.1, 0.15) is 38.1 Å². The molecule has 0 saturated heterocycles. The Morgan fingerprint density at radius 3 is 2.55 bits per heavy atom. The summed E-state index contributed by atoms with van der Waals surface area (Å²) in [6, 6.07) is 11.7. The molecule has 42 heavy (non-hydrogen) atoms. The fourth-order valence-corrected chi connectivity index (χ4v) is 6.02. The lowest BCUT2D eigenvalue weighted by atomic mass is 9.82. The summed E-state index contributed by atoms with van der Waals surface area (Å²) in [5, 5.41) is 8.36. The maximum Gasteiger partial charge on any atom is 0.240 e. The van der Waals surface area contributed by atoms with Crippen molar-refractivity contribution in [3.63, 3.8) is 0 Å². The number of carbonyl (C=O) groups excluding carboxylic acids is 1. The van der Waals surface area contributed by atoms with Crippen LogP contribution >= 0.6 is 0 Å². The van der Waals surface area contributed by atoms with Crippen LogP contribution in [0.2, 0.25) is 0 Å². The number of fused-ring (bicyclic) bond motifs is 1. The van der Waals surface area contributed by atoms with Crippen LogP contribution in [0.15, 0.2) is 94.0 Å². The van der Waals surface area contributed by atoms with E-state index in [1.807, 2.05) is 25.7 Å². The summed E-state index contributed by atoms with van der Waals surface area (Å²) in [4.78, 5) is 24.5. The largest absolute Gasteiger partial charge is 0.346 e. The lowest BCUT2D eigenvalue weighted by molar-refractivity contribution is -0.122. The molecular formula is C31H31F2N5O3S. The number of amides is 1. The number of rotatable bonds is 8. The Labute approximate surface area is 243 Å². The van der Waals surface area contributed by atoms with E-state index in [1.54, 1.807) is 30.6 Å². The number of hydrogen-bond acceptors (Lipinski definition) is 6. The minimum Gasteiger partial charge on any atom is -0.346 e. The van der Waals surface area contributed by atoms with Crippen LogP contribution in [0, 0.1) is 11.6 Å². The fourth-order valence-electron chi connectivity index (χ4n) is 5.46. The second-order valence-corrected chi connectivity index (χ2v) is 12.4. The number of nitrogens with two attached hydrogens (primary N) is 1. The normalized spacial score (nSPS) is 20.5. The summed E-state index contributed by atoms with van der Waals surface area (Å²) in [6.07, 6.45) is 7.42. The van der Waals surface area contributed by atoms with Crippen molar-refractivity contribution in [2.24, 2.45) is 10.1 Å². The lowest BCUT2D eigenvalue weighted by Crippen LogP contribution is -2.51. The fraction of sp³-hybridized carbons (Fsp3) is 0.258. The van der Waals surface area contributed by atoms with Crippen molar-refractivity contribution < 1.29 is 22.0 Å². The highest BCUT2D eigenvalue weighted by Gasteiger charge is 2.42. The van der Waals surface area contributed by atoms with E-state index in [4.69, 9.17) is 5.14 Å². The number of sulfonamides is 1. The van der Waals surface area contributed by atoms with E-state index < -0.39 is 33.2 Å². The molecule has 2 aromatic carbocycles. The van der Waals surface area contributed by atoms with Gasteiger partial charge in [0.15, 0.2) is 0 Å². The first-order chi connectivity index (χ1) is 19.8. The molecule has 0 spiro atoms. The summed E-state index contributed by atoms with van der Waals surface area (Å²) >= 11 is 0. The molecule has 0 bridgehead atoms. The Balaban J connectivity index is 1.49. The van der Waals surface area contributed by atoms with Crippen LogP contribution in [-0.2, 0) is 21.2 Å². The summed E-state index contributed by atoms with van der Waals surface area (Å²) in [5.41, 5.74) is 3.47. The summed E-state index contributed by atoms with van der Waals surface area (Å²) in [5.74, 6) is -1.84. The molecule has 0 radical (unpaired) electrons. The molecule has 0 fully saturated rings. The summed E-state index contributed by atoms with van der Waals surface area (Å²) < 4.78 is 52.3. The van der Waals surface area contributed by atoms with E-state index >= 15 is 0 Å². The minimum atomic E-state index is -3.98. The quantitative estimate of drug-likeness (QED) is 0.401. The van der Waals surface area contributed by atoms with Crippen LogP contribution in [0.25, 0.3) is 11.1 Å². The predicted octanol–water partition coefficient (Wildman–Crippen LogP) is 4.45. The number of nitrogens with one attached hydrogen (secondary N) is 1. The molecule has 11 heteroatoms. The average Bonchev–Trinajstić information content (AvgIpc) is 3.22. The van der Waals surface area contributed by atoms with Gasteiger partial charge in [-0.1, -0.05) is 41.5 Å². The first kappa shape index (κ1) is 29.3. The molecule has 2 aliphatic rings. The van der Waals surface area contributed by atoms with Gasteiger partial charge in [-0.05, 0) is 68.7 Å². The van der Waals surface area contributed by atoms with Gasteiger partial charge in [0.2, 0.25) is 15.9 Å². The number of primary sulfonamides is 1. The Hall–Kier alpha value is -4.22. The zero-order chi connectivity index (χ0) is 30.2. The van der Waals surface area contributed by atoms with E-state index in [0.717, 1.165) is 17.2 Å². The van der Waals surface area contributed by atoms with Crippen LogP contribution in [0.4, 0.5) is 8.78 Å².